The first-order valence-electron chi connectivity index (χ1n) is 17.0. The van der Waals surface area contributed by atoms with Crippen LogP contribution in [0.2, 0.25) is 0 Å². The van der Waals surface area contributed by atoms with E-state index >= 15 is 0 Å². The van der Waals surface area contributed by atoms with Gasteiger partial charge in [-0.2, -0.15) is 0 Å². The van der Waals surface area contributed by atoms with Crippen molar-refractivity contribution in [2.75, 3.05) is 12.3 Å². The van der Waals surface area contributed by atoms with Gasteiger partial charge in [-0.25, -0.2) is 0 Å². The zero-order valence-electron chi connectivity index (χ0n) is 27.7. The monoisotopic (exact) mass is 692 g/mol. The standard InChI is InChI=1S/2C22H19O2P/c2*23-22-18(15-17-9-7-8-14-21(17)22)16-25(24,19-10-3-1-4-11-19)20-12-5-2-6-13-20/h2*1-14,18H,15-16H2/t2*18-/m11/s1. The van der Waals surface area contributed by atoms with Crippen molar-refractivity contribution < 1.29 is 18.7 Å². The zero-order valence-corrected chi connectivity index (χ0v) is 29.5. The van der Waals surface area contributed by atoms with E-state index < -0.39 is 14.3 Å². The second kappa shape index (κ2) is 14.5. The fraction of sp³-hybridized carbons (Fsp3) is 0.136. The van der Waals surface area contributed by atoms with Crippen molar-refractivity contribution in [1.29, 1.82) is 0 Å². The van der Waals surface area contributed by atoms with Crippen molar-refractivity contribution in [1.82, 2.24) is 0 Å². The van der Waals surface area contributed by atoms with Gasteiger partial charge in [0.1, 0.15) is 14.3 Å². The van der Waals surface area contributed by atoms with Gasteiger partial charge in [-0.15, -0.1) is 0 Å². The van der Waals surface area contributed by atoms with E-state index in [-0.39, 0.29) is 23.4 Å². The molecule has 0 fully saturated rings. The SMILES string of the molecule is O=C1c2ccccc2C[C@@H]1CP(=O)(c1ccccc1)c1ccccc1.O=C1c2ccccc2C[C@@H]1CP(=O)(c1ccccc1)c1ccccc1. The highest BCUT2D eigenvalue weighted by molar-refractivity contribution is 7.79. The molecule has 0 N–H and O–H groups in total. The minimum Gasteiger partial charge on any atom is -0.314 e. The van der Waals surface area contributed by atoms with Gasteiger partial charge < -0.3 is 9.13 Å². The Morgan fingerprint density at radius 1 is 0.380 bits per heavy atom. The second-order valence-electron chi connectivity index (χ2n) is 13.0. The van der Waals surface area contributed by atoms with Crippen LogP contribution in [0, 0.1) is 11.8 Å². The van der Waals surface area contributed by atoms with Crippen LogP contribution in [0.4, 0.5) is 0 Å². The van der Waals surface area contributed by atoms with Crippen molar-refractivity contribution in [3.63, 3.8) is 0 Å². The summed E-state index contributed by atoms with van der Waals surface area (Å²) in [5.41, 5.74) is 3.73. The summed E-state index contributed by atoms with van der Waals surface area (Å²) in [7, 11) is -5.72. The summed E-state index contributed by atoms with van der Waals surface area (Å²) in [6.07, 6.45) is 2.13. The number of benzene rings is 6. The van der Waals surface area contributed by atoms with E-state index in [0.717, 1.165) is 43.5 Å². The van der Waals surface area contributed by atoms with Gasteiger partial charge >= 0.3 is 0 Å². The number of rotatable bonds is 8. The molecule has 0 unspecified atom stereocenters. The van der Waals surface area contributed by atoms with Gasteiger partial charge in [0.2, 0.25) is 0 Å². The maximum Gasteiger partial charge on any atom is 0.167 e. The molecule has 6 heteroatoms. The maximum atomic E-state index is 14.1. The summed E-state index contributed by atoms with van der Waals surface area (Å²) in [4.78, 5) is 25.6. The predicted octanol–water partition coefficient (Wildman–Crippen LogP) is 8.11. The van der Waals surface area contributed by atoms with E-state index in [0.29, 0.717) is 25.2 Å². The molecule has 2 aliphatic rings. The van der Waals surface area contributed by atoms with Crippen LogP contribution in [0.3, 0.4) is 0 Å². The third kappa shape index (κ3) is 6.67. The van der Waals surface area contributed by atoms with Gasteiger partial charge in [0.15, 0.2) is 11.6 Å². The molecule has 0 amide bonds. The van der Waals surface area contributed by atoms with E-state index in [1.54, 1.807) is 0 Å². The van der Waals surface area contributed by atoms with Crippen LogP contribution in [0.1, 0.15) is 31.8 Å². The van der Waals surface area contributed by atoms with Crippen LogP contribution in [-0.4, -0.2) is 23.9 Å². The van der Waals surface area contributed by atoms with E-state index in [4.69, 9.17) is 0 Å². The third-order valence-electron chi connectivity index (χ3n) is 9.89. The molecule has 0 heterocycles. The topological polar surface area (TPSA) is 68.3 Å². The van der Waals surface area contributed by atoms with Crippen molar-refractivity contribution in [2.24, 2.45) is 11.8 Å². The lowest BCUT2D eigenvalue weighted by Crippen LogP contribution is -2.25. The third-order valence-corrected chi connectivity index (χ3v) is 16.3. The molecule has 6 aromatic rings. The molecule has 0 spiro atoms. The Morgan fingerprint density at radius 2 is 0.640 bits per heavy atom. The lowest BCUT2D eigenvalue weighted by Gasteiger charge is -2.22. The Hall–Kier alpha value is -4.88. The Kier molecular flexibility index (Phi) is 9.77. The highest BCUT2D eigenvalue weighted by Gasteiger charge is 2.39. The van der Waals surface area contributed by atoms with Crippen molar-refractivity contribution in [3.8, 4) is 0 Å². The summed E-state index contributed by atoms with van der Waals surface area (Å²) in [5, 5.41) is 3.30. The van der Waals surface area contributed by atoms with Crippen LogP contribution in [-0.2, 0) is 22.0 Å². The van der Waals surface area contributed by atoms with Gasteiger partial charge in [-0.3, -0.25) is 9.59 Å². The number of Topliss-reactive ketones (excluding diaryl/α,β-unsaturated/α-hetero) is 2. The highest BCUT2D eigenvalue weighted by atomic mass is 31.2. The molecule has 8 rings (SSSR count). The van der Waals surface area contributed by atoms with E-state index in [9.17, 15) is 18.7 Å². The van der Waals surface area contributed by atoms with Gasteiger partial charge in [0.05, 0.1) is 0 Å². The van der Waals surface area contributed by atoms with Gasteiger partial charge in [0.25, 0.3) is 0 Å². The van der Waals surface area contributed by atoms with Crippen LogP contribution in [0.15, 0.2) is 170 Å². The molecule has 0 aliphatic heterocycles. The summed E-state index contributed by atoms with van der Waals surface area (Å²) >= 11 is 0. The molecular formula is C44H38O4P2. The van der Waals surface area contributed by atoms with Gasteiger partial charge in [-0.1, -0.05) is 170 Å². The molecular weight excluding hydrogens is 654 g/mol. The average Bonchev–Trinajstić information content (AvgIpc) is 3.67. The fourth-order valence-corrected chi connectivity index (χ4v) is 13.2. The Labute approximate surface area is 294 Å². The molecule has 6 aromatic carbocycles. The maximum absolute atomic E-state index is 14.1. The fourth-order valence-electron chi connectivity index (χ4n) is 7.34. The number of fused-ring (bicyclic) bond motifs is 2. The average molecular weight is 693 g/mol. The molecule has 0 aromatic heterocycles. The van der Waals surface area contributed by atoms with E-state index in [2.05, 4.69) is 0 Å². The summed E-state index contributed by atoms with van der Waals surface area (Å²) < 4.78 is 28.2. The molecule has 0 radical (unpaired) electrons. The van der Waals surface area contributed by atoms with Crippen molar-refractivity contribution >= 4 is 47.1 Å². The Bertz CT molecular complexity index is 1970. The molecule has 0 saturated carbocycles. The molecule has 248 valence electrons. The normalized spacial score (nSPS) is 16.6. The summed E-state index contributed by atoms with van der Waals surface area (Å²) in [6, 6.07) is 53.8. The number of hydrogen-bond donors (Lipinski definition) is 0. The minimum atomic E-state index is -2.86. The lowest BCUT2D eigenvalue weighted by atomic mass is 10.1. The largest absolute Gasteiger partial charge is 0.314 e. The van der Waals surface area contributed by atoms with Crippen molar-refractivity contribution in [3.05, 3.63) is 192 Å². The number of ketones is 2. The molecule has 2 aliphatic carbocycles. The first-order valence-corrected chi connectivity index (χ1v) is 20.8. The Morgan fingerprint density at radius 3 is 0.920 bits per heavy atom. The zero-order chi connectivity index (χ0) is 34.6. The number of carbonyl (C=O) groups excluding carboxylic acids is 2. The predicted molar refractivity (Wildman–Crippen MR) is 205 cm³/mol. The quantitative estimate of drug-likeness (QED) is 0.151. The van der Waals surface area contributed by atoms with Crippen molar-refractivity contribution in [2.45, 2.75) is 12.8 Å². The number of carbonyl (C=O) groups is 2. The summed E-state index contributed by atoms with van der Waals surface area (Å²) in [6.45, 7) is 0. The first-order chi connectivity index (χ1) is 24.4. The second-order valence-corrected chi connectivity index (χ2v) is 18.8. The first kappa shape index (κ1) is 33.6. The highest BCUT2D eigenvalue weighted by Crippen LogP contribution is 2.48. The molecule has 50 heavy (non-hydrogen) atoms. The lowest BCUT2D eigenvalue weighted by molar-refractivity contribution is 0.0940. The van der Waals surface area contributed by atoms with Gasteiger partial charge in [-0.05, 0) is 24.0 Å². The van der Waals surface area contributed by atoms with Crippen LogP contribution < -0.4 is 21.2 Å². The molecule has 0 saturated heterocycles. The van der Waals surface area contributed by atoms with Crippen LogP contribution in [0.5, 0.6) is 0 Å². The minimum absolute atomic E-state index is 0.127. The van der Waals surface area contributed by atoms with Crippen LogP contribution >= 0.6 is 14.3 Å². The molecule has 0 bridgehead atoms. The smallest absolute Gasteiger partial charge is 0.167 e. The Balaban J connectivity index is 0.000000157. The van der Waals surface area contributed by atoms with E-state index in [1.165, 1.54) is 0 Å². The van der Waals surface area contributed by atoms with Crippen LogP contribution in [0.25, 0.3) is 0 Å². The molecule has 2 atom stereocenters. The van der Waals surface area contributed by atoms with E-state index in [1.807, 2.05) is 170 Å². The summed E-state index contributed by atoms with van der Waals surface area (Å²) in [5.74, 6) is -0.183. The number of hydrogen-bond acceptors (Lipinski definition) is 4. The van der Waals surface area contributed by atoms with Gasteiger partial charge in [0, 0.05) is 56.5 Å². The molecule has 4 nitrogen and oxygen atoms in total.